The van der Waals surface area contributed by atoms with E-state index in [0.717, 1.165) is 22.1 Å². The molecule has 0 radical (unpaired) electrons. The number of carbonyl (C=O) groups excluding carboxylic acids is 2. The predicted molar refractivity (Wildman–Crippen MR) is 102 cm³/mol. The average molecular weight is 403 g/mol. The standard InChI is InChI=1S/C21H23F2N3O3/c1-2-18(27)26-12-15(11-21(22,23)13-26)20(28)25-9-7-14(8-10-25)19-24-16-5-3-4-6-17(16)29-19/h2-6,14-15H,1,7-13H2. The molecule has 2 fully saturated rings. The number of alkyl halides is 2. The van der Waals surface area contributed by atoms with Crippen molar-refractivity contribution in [2.75, 3.05) is 26.2 Å². The molecule has 6 nitrogen and oxygen atoms in total. The average Bonchev–Trinajstić information content (AvgIpc) is 3.16. The first-order valence-corrected chi connectivity index (χ1v) is 9.80. The number of likely N-dealkylation sites (tertiary alicyclic amines) is 2. The lowest BCUT2D eigenvalue weighted by Gasteiger charge is -2.39. The van der Waals surface area contributed by atoms with Gasteiger partial charge in [0.1, 0.15) is 5.52 Å². The van der Waals surface area contributed by atoms with E-state index >= 15 is 0 Å². The van der Waals surface area contributed by atoms with Crippen LogP contribution >= 0.6 is 0 Å². The maximum Gasteiger partial charge on any atom is 0.266 e. The van der Waals surface area contributed by atoms with Gasteiger partial charge in [0, 0.05) is 32.0 Å². The lowest BCUT2D eigenvalue weighted by Crippen LogP contribution is -2.54. The highest BCUT2D eigenvalue weighted by Crippen LogP contribution is 2.34. The highest BCUT2D eigenvalue weighted by Gasteiger charge is 2.45. The molecule has 2 saturated heterocycles. The van der Waals surface area contributed by atoms with Gasteiger partial charge in [-0.3, -0.25) is 9.59 Å². The number of halogens is 2. The Labute approximate surface area is 167 Å². The van der Waals surface area contributed by atoms with Crippen molar-refractivity contribution in [2.45, 2.75) is 31.1 Å². The second-order valence-corrected chi connectivity index (χ2v) is 7.80. The van der Waals surface area contributed by atoms with Gasteiger partial charge in [-0.25, -0.2) is 13.8 Å². The van der Waals surface area contributed by atoms with Crippen molar-refractivity contribution in [3.05, 3.63) is 42.8 Å². The zero-order valence-electron chi connectivity index (χ0n) is 16.0. The van der Waals surface area contributed by atoms with E-state index in [1.807, 2.05) is 24.3 Å². The molecular weight excluding hydrogens is 380 g/mol. The molecule has 0 bridgehead atoms. The molecule has 29 heavy (non-hydrogen) atoms. The van der Waals surface area contributed by atoms with Crippen molar-refractivity contribution < 1.29 is 22.8 Å². The lowest BCUT2D eigenvalue weighted by atomic mass is 9.91. The largest absolute Gasteiger partial charge is 0.440 e. The molecule has 154 valence electrons. The van der Waals surface area contributed by atoms with Crippen LogP contribution in [0.15, 0.2) is 41.3 Å². The van der Waals surface area contributed by atoms with Gasteiger partial charge in [0.2, 0.25) is 11.8 Å². The van der Waals surface area contributed by atoms with Gasteiger partial charge >= 0.3 is 0 Å². The monoisotopic (exact) mass is 403 g/mol. The van der Waals surface area contributed by atoms with E-state index in [9.17, 15) is 18.4 Å². The smallest absolute Gasteiger partial charge is 0.266 e. The molecule has 0 aliphatic carbocycles. The topological polar surface area (TPSA) is 66.7 Å². The summed E-state index contributed by atoms with van der Waals surface area (Å²) >= 11 is 0. The van der Waals surface area contributed by atoms with Crippen LogP contribution in [0.5, 0.6) is 0 Å². The maximum absolute atomic E-state index is 14.1. The second kappa shape index (κ2) is 7.57. The minimum Gasteiger partial charge on any atom is -0.440 e. The van der Waals surface area contributed by atoms with Crippen molar-refractivity contribution in [3.63, 3.8) is 0 Å². The molecule has 4 rings (SSSR count). The van der Waals surface area contributed by atoms with Gasteiger partial charge in [-0.05, 0) is 31.1 Å². The fourth-order valence-electron chi connectivity index (χ4n) is 4.23. The van der Waals surface area contributed by atoms with Gasteiger partial charge in [0.05, 0.1) is 12.5 Å². The van der Waals surface area contributed by atoms with Crippen LogP contribution in [0.3, 0.4) is 0 Å². The van der Waals surface area contributed by atoms with Crippen LogP contribution in [0, 0.1) is 5.92 Å². The Bertz CT molecular complexity index is 901. The van der Waals surface area contributed by atoms with E-state index in [4.69, 9.17) is 4.42 Å². The van der Waals surface area contributed by atoms with Crippen LogP contribution in [0.25, 0.3) is 11.1 Å². The number of hydrogen-bond acceptors (Lipinski definition) is 4. The Kier molecular flexibility index (Phi) is 5.10. The van der Waals surface area contributed by atoms with Crippen molar-refractivity contribution in [3.8, 4) is 0 Å². The molecule has 2 aliphatic rings. The summed E-state index contributed by atoms with van der Waals surface area (Å²) in [7, 11) is 0. The third-order valence-corrected chi connectivity index (χ3v) is 5.71. The van der Waals surface area contributed by atoms with E-state index in [0.29, 0.717) is 31.8 Å². The zero-order chi connectivity index (χ0) is 20.6. The van der Waals surface area contributed by atoms with Crippen LogP contribution in [0.4, 0.5) is 8.78 Å². The number of hydrogen-bond donors (Lipinski definition) is 0. The van der Waals surface area contributed by atoms with Crippen LogP contribution < -0.4 is 0 Å². The number of oxazole rings is 1. The molecule has 2 aromatic rings. The summed E-state index contributed by atoms with van der Waals surface area (Å²) in [5.41, 5.74) is 1.54. The molecule has 0 spiro atoms. The molecule has 1 unspecified atom stereocenters. The fraction of sp³-hybridized carbons (Fsp3) is 0.476. The predicted octanol–water partition coefficient (Wildman–Crippen LogP) is 3.20. The minimum absolute atomic E-state index is 0.00430. The number of carbonyl (C=O) groups is 2. The summed E-state index contributed by atoms with van der Waals surface area (Å²) in [6.45, 7) is 3.60. The van der Waals surface area contributed by atoms with Gasteiger partial charge in [-0.1, -0.05) is 18.7 Å². The molecule has 2 amide bonds. The SMILES string of the molecule is C=CC(=O)N1CC(C(=O)N2CCC(c3nc4ccccc4o3)CC2)CC(F)(F)C1. The molecule has 1 aromatic heterocycles. The highest BCUT2D eigenvalue weighted by molar-refractivity contribution is 5.88. The van der Waals surface area contributed by atoms with Crippen molar-refractivity contribution in [1.29, 1.82) is 0 Å². The quantitative estimate of drug-likeness (QED) is 0.739. The number of rotatable bonds is 3. The summed E-state index contributed by atoms with van der Waals surface area (Å²) in [5, 5.41) is 0. The van der Waals surface area contributed by atoms with E-state index in [1.54, 1.807) is 4.90 Å². The number of para-hydroxylation sites is 2. The van der Waals surface area contributed by atoms with Crippen molar-refractivity contribution in [1.82, 2.24) is 14.8 Å². The van der Waals surface area contributed by atoms with Gasteiger partial charge in [0.25, 0.3) is 5.92 Å². The number of piperidine rings is 2. The first kappa shape index (κ1) is 19.5. The van der Waals surface area contributed by atoms with Crippen LogP contribution in [-0.2, 0) is 9.59 Å². The summed E-state index contributed by atoms with van der Waals surface area (Å²) < 4.78 is 34.0. The number of nitrogens with zero attached hydrogens (tertiary/aromatic N) is 3. The normalized spacial score (nSPS) is 22.6. The van der Waals surface area contributed by atoms with E-state index < -0.39 is 30.7 Å². The fourth-order valence-corrected chi connectivity index (χ4v) is 4.23. The Balaban J connectivity index is 1.40. The summed E-state index contributed by atoms with van der Waals surface area (Å²) in [5.74, 6) is -4.11. The summed E-state index contributed by atoms with van der Waals surface area (Å²) in [6.07, 6.45) is 1.81. The van der Waals surface area contributed by atoms with Gasteiger partial charge in [-0.15, -0.1) is 0 Å². The van der Waals surface area contributed by atoms with Crippen LogP contribution in [0.2, 0.25) is 0 Å². The number of amides is 2. The van der Waals surface area contributed by atoms with E-state index in [1.165, 1.54) is 0 Å². The van der Waals surface area contributed by atoms with E-state index in [2.05, 4.69) is 11.6 Å². The minimum atomic E-state index is -3.08. The summed E-state index contributed by atoms with van der Waals surface area (Å²) in [6, 6.07) is 7.54. The van der Waals surface area contributed by atoms with Gasteiger partial charge in [0.15, 0.2) is 11.5 Å². The molecule has 2 aliphatic heterocycles. The Hall–Kier alpha value is -2.77. The number of aromatic nitrogens is 1. The van der Waals surface area contributed by atoms with E-state index in [-0.39, 0.29) is 18.4 Å². The molecule has 8 heteroatoms. The highest BCUT2D eigenvalue weighted by atomic mass is 19.3. The Morgan fingerprint density at radius 3 is 2.62 bits per heavy atom. The van der Waals surface area contributed by atoms with Crippen LogP contribution in [0.1, 0.15) is 31.1 Å². The molecule has 0 N–H and O–H groups in total. The number of fused-ring (bicyclic) bond motifs is 1. The maximum atomic E-state index is 14.1. The Morgan fingerprint density at radius 1 is 1.21 bits per heavy atom. The first-order chi connectivity index (χ1) is 13.9. The second-order valence-electron chi connectivity index (χ2n) is 7.80. The Morgan fingerprint density at radius 2 is 1.93 bits per heavy atom. The van der Waals surface area contributed by atoms with Gasteiger partial charge < -0.3 is 14.2 Å². The van der Waals surface area contributed by atoms with Crippen molar-refractivity contribution in [2.24, 2.45) is 5.92 Å². The van der Waals surface area contributed by atoms with Gasteiger partial charge in [-0.2, -0.15) is 0 Å². The van der Waals surface area contributed by atoms with Crippen LogP contribution in [-0.4, -0.2) is 58.7 Å². The summed E-state index contributed by atoms with van der Waals surface area (Å²) in [4.78, 5) is 31.9. The third kappa shape index (κ3) is 4.02. The third-order valence-electron chi connectivity index (χ3n) is 5.71. The lowest BCUT2D eigenvalue weighted by molar-refractivity contribution is -0.153. The molecule has 1 aromatic carbocycles. The first-order valence-electron chi connectivity index (χ1n) is 9.80. The molecule has 3 heterocycles. The molecule has 0 saturated carbocycles. The molecular formula is C21H23F2N3O3. The number of benzene rings is 1. The van der Waals surface area contributed by atoms with Crippen molar-refractivity contribution >= 4 is 22.9 Å². The molecule has 1 atom stereocenters. The zero-order valence-corrected chi connectivity index (χ0v) is 16.0.